The van der Waals surface area contributed by atoms with E-state index in [0.29, 0.717) is 6.04 Å². The first-order valence-electron chi connectivity index (χ1n) is 5.37. The third-order valence-corrected chi connectivity index (χ3v) is 2.40. The van der Waals surface area contributed by atoms with E-state index in [1.807, 2.05) is 0 Å². The second-order valence-corrected chi connectivity index (χ2v) is 4.09. The van der Waals surface area contributed by atoms with Crippen LogP contribution in [0.15, 0.2) is 0 Å². The van der Waals surface area contributed by atoms with Gasteiger partial charge in [-0.25, -0.2) is 0 Å². The smallest absolute Gasteiger partial charge is 0.0462 e. The molecule has 1 unspecified atom stereocenters. The molecule has 13 heavy (non-hydrogen) atoms. The maximum atomic E-state index is 5.03. The van der Waals surface area contributed by atoms with Crippen LogP contribution in [0.3, 0.4) is 0 Å². The zero-order valence-corrected chi connectivity index (χ0v) is 9.60. The third kappa shape index (κ3) is 8.26. The number of hydrogen-bond donors (Lipinski definition) is 1. The van der Waals surface area contributed by atoms with Crippen molar-refractivity contribution in [3.05, 3.63) is 0 Å². The first-order valence-corrected chi connectivity index (χ1v) is 5.37. The summed E-state index contributed by atoms with van der Waals surface area (Å²) in [5.74, 6) is 0.818. The summed E-state index contributed by atoms with van der Waals surface area (Å²) < 4.78 is 5.03. The van der Waals surface area contributed by atoms with Crippen LogP contribution in [-0.4, -0.2) is 26.8 Å². The standard InChI is InChI=1S/C11H25NO/c1-10(2)7-8-11(12-3)6-5-9-13-4/h10-12H,5-9H2,1-4H3. The van der Waals surface area contributed by atoms with Crippen LogP contribution in [0, 0.1) is 5.92 Å². The van der Waals surface area contributed by atoms with Crippen LogP contribution in [-0.2, 0) is 4.74 Å². The summed E-state index contributed by atoms with van der Waals surface area (Å²) in [6.07, 6.45) is 5.01. The van der Waals surface area contributed by atoms with E-state index >= 15 is 0 Å². The van der Waals surface area contributed by atoms with E-state index in [1.165, 1.54) is 25.7 Å². The fourth-order valence-electron chi connectivity index (χ4n) is 1.44. The molecule has 0 bridgehead atoms. The van der Waals surface area contributed by atoms with Crippen molar-refractivity contribution in [2.75, 3.05) is 20.8 Å². The van der Waals surface area contributed by atoms with Gasteiger partial charge in [-0.05, 0) is 38.6 Å². The van der Waals surface area contributed by atoms with Crippen LogP contribution >= 0.6 is 0 Å². The molecule has 2 heteroatoms. The predicted molar refractivity (Wildman–Crippen MR) is 58.0 cm³/mol. The van der Waals surface area contributed by atoms with E-state index in [9.17, 15) is 0 Å². The van der Waals surface area contributed by atoms with Crippen LogP contribution in [0.4, 0.5) is 0 Å². The van der Waals surface area contributed by atoms with Gasteiger partial charge < -0.3 is 10.1 Å². The second kappa shape index (κ2) is 8.52. The molecule has 0 radical (unpaired) electrons. The van der Waals surface area contributed by atoms with Gasteiger partial charge in [-0.3, -0.25) is 0 Å². The van der Waals surface area contributed by atoms with Gasteiger partial charge in [0, 0.05) is 19.8 Å². The fourth-order valence-corrected chi connectivity index (χ4v) is 1.44. The van der Waals surface area contributed by atoms with Crippen molar-refractivity contribution >= 4 is 0 Å². The molecule has 0 spiro atoms. The lowest BCUT2D eigenvalue weighted by Gasteiger charge is -2.16. The summed E-state index contributed by atoms with van der Waals surface area (Å²) in [6.45, 7) is 5.45. The summed E-state index contributed by atoms with van der Waals surface area (Å²) in [4.78, 5) is 0. The molecule has 0 rings (SSSR count). The van der Waals surface area contributed by atoms with Gasteiger partial charge in [0.05, 0.1) is 0 Å². The maximum Gasteiger partial charge on any atom is 0.0462 e. The molecule has 0 aliphatic heterocycles. The molecular formula is C11H25NO. The van der Waals surface area contributed by atoms with Gasteiger partial charge in [0.15, 0.2) is 0 Å². The minimum atomic E-state index is 0.678. The van der Waals surface area contributed by atoms with E-state index in [1.54, 1.807) is 7.11 Å². The predicted octanol–water partition coefficient (Wildman–Crippen LogP) is 2.44. The number of hydrogen-bond acceptors (Lipinski definition) is 2. The highest BCUT2D eigenvalue weighted by Crippen LogP contribution is 2.10. The van der Waals surface area contributed by atoms with Crippen LogP contribution in [0.25, 0.3) is 0 Å². The van der Waals surface area contributed by atoms with Crippen molar-refractivity contribution in [2.45, 2.75) is 45.6 Å². The van der Waals surface area contributed by atoms with Crippen LogP contribution < -0.4 is 5.32 Å². The lowest BCUT2D eigenvalue weighted by atomic mass is 10.0. The van der Waals surface area contributed by atoms with Crippen molar-refractivity contribution in [3.8, 4) is 0 Å². The Morgan fingerprint density at radius 2 is 1.85 bits per heavy atom. The highest BCUT2D eigenvalue weighted by Gasteiger charge is 2.06. The molecule has 0 aromatic heterocycles. The van der Waals surface area contributed by atoms with E-state index in [0.717, 1.165) is 12.5 Å². The van der Waals surface area contributed by atoms with Gasteiger partial charge in [-0.15, -0.1) is 0 Å². The van der Waals surface area contributed by atoms with Crippen LogP contribution in [0.2, 0.25) is 0 Å². The summed E-state index contributed by atoms with van der Waals surface area (Å²) in [5, 5.41) is 3.36. The molecule has 1 N–H and O–H groups in total. The Labute approximate surface area is 83.1 Å². The molecule has 0 heterocycles. The highest BCUT2D eigenvalue weighted by molar-refractivity contribution is 4.65. The van der Waals surface area contributed by atoms with Gasteiger partial charge in [0.1, 0.15) is 0 Å². The van der Waals surface area contributed by atoms with Gasteiger partial charge >= 0.3 is 0 Å². The molecule has 0 fully saturated rings. The molecule has 0 aliphatic rings. The summed E-state index contributed by atoms with van der Waals surface area (Å²) in [5.41, 5.74) is 0. The van der Waals surface area contributed by atoms with Gasteiger partial charge in [-0.1, -0.05) is 13.8 Å². The zero-order valence-electron chi connectivity index (χ0n) is 9.60. The Bertz CT molecular complexity index is 104. The van der Waals surface area contributed by atoms with Crippen LogP contribution in [0.5, 0.6) is 0 Å². The van der Waals surface area contributed by atoms with Gasteiger partial charge in [0.2, 0.25) is 0 Å². The van der Waals surface area contributed by atoms with Gasteiger partial charge in [0.25, 0.3) is 0 Å². The number of rotatable bonds is 8. The lowest BCUT2D eigenvalue weighted by molar-refractivity contribution is 0.188. The average molecular weight is 187 g/mol. The van der Waals surface area contributed by atoms with Crippen molar-refractivity contribution in [1.82, 2.24) is 5.32 Å². The third-order valence-electron chi connectivity index (χ3n) is 2.40. The van der Waals surface area contributed by atoms with E-state index < -0.39 is 0 Å². The first-order chi connectivity index (χ1) is 6.20. The second-order valence-electron chi connectivity index (χ2n) is 4.09. The minimum Gasteiger partial charge on any atom is -0.385 e. The number of nitrogens with one attached hydrogen (secondary N) is 1. The maximum absolute atomic E-state index is 5.03. The molecule has 0 amide bonds. The van der Waals surface area contributed by atoms with Crippen molar-refractivity contribution in [1.29, 1.82) is 0 Å². The van der Waals surface area contributed by atoms with Crippen LogP contribution in [0.1, 0.15) is 39.5 Å². The summed E-state index contributed by atoms with van der Waals surface area (Å²) >= 11 is 0. The summed E-state index contributed by atoms with van der Waals surface area (Å²) in [7, 11) is 3.82. The topological polar surface area (TPSA) is 21.3 Å². The largest absolute Gasteiger partial charge is 0.385 e. The Kier molecular flexibility index (Phi) is 8.46. The molecule has 0 aromatic rings. The van der Waals surface area contributed by atoms with E-state index in [2.05, 4.69) is 26.2 Å². The number of ether oxygens (including phenoxy) is 1. The molecule has 2 nitrogen and oxygen atoms in total. The Balaban J connectivity index is 3.39. The molecule has 0 saturated heterocycles. The van der Waals surface area contributed by atoms with E-state index in [4.69, 9.17) is 4.74 Å². The quantitative estimate of drug-likeness (QED) is 0.589. The fraction of sp³-hybridized carbons (Fsp3) is 1.00. The molecule has 0 aromatic carbocycles. The molecule has 80 valence electrons. The van der Waals surface area contributed by atoms with E-state index in [-0.39, 0.29) is 0 Å². The molecule has 0 aliphatic carbocycles. The number of methoxy groups -OCH3 is 1. The van der Waals surface area contributed by atoms with Gasteiger partial charge in [-0.2, -0.15) is 0 Å². The zero-order chi connectivity index (χ0) is 10.1. The Hall–Kier alpha value is -0.0800. The SMILES string of the molecule is CNC(CCCOC)CCC(C)C. The molecule has 0 saturated carbocycles. The average Bonchev–Trinajstić information content (AvgIpc) is 2.10. The highest BCUT2D eigenvalue weighted by atomic mass is 16.5. The monoisotopic (exact) mass is 187 g/mol. The molecule has 1 atom stereocenters. The Morgan fingerprint density at radius 1 is 1.15 bits per heavy atom. The summed E-state index contributed by atoms with van der Waals surface area (Å²) in [6, 6.07) is 0.678. The molecular weight excluding hydrogens is 162 g/mol. The van der Waals surface area contributed by atoms with Crippen molar-refractivity contribution in [2.24, 2.45) is 5.92 Å². The van der Waals surface area contributed by atoms with Crippen molar-refractivity contribution in [3.63, 3.8) is 0 Å². The van der Waals surface area contributed by atoms with Crippen molar-refractivity contribution < 1.29 is 4.74 Å². The first kappa shape index (κ1) is 12.9. The normalized spacial score (nSPS) is 13.6. The lowest BCUT2D eigenvalue weighted by Crippen LogP contribution is -2.25. The Morgan fingerprint density at radius 3 is 2.31 bits per heavy atom. The minimum absolute atomic E-state index is 0.678.